The van der Waals surface area contributed by atoms with E-state index in [2.05, 4.69) is 9.97 Å². The summed E-state index contributed by atoms with van der Waals surface area (Å²) in [6.07, 6.45) is 5.32. The van der Waals surface area contributed by atoms with Crippen LogP contribution in [0.3, 0.4) is 0 Å². The molecular weight excluding hydrogens is 298 g/mol. The van der Waals surface area contributed by atoms with Crippen molar-refractivity contribution in [3.63, 3.8) is 0 Å². The second-order valence-electron chi connectivity index (χ2n) is 5.92. The number of aromatic amines is 1. The first-order valence-corrected chi connectivity index (χ1v) is 8.99. The molecule has 0 bridgehead atoms. The standard InChI is InChI=1S/C16H21N3O2S/c1-12-5-6-15(10-13(12)2)22(20,21)19-9-3-4-14(11-19)16-17-7-8-18-16/h5-8,10,14H,3-4,9,11H2,1-2H3,(H,17,18). The average Bonchev–Trinajstić information content (AvgIpc) is 3.04. The highest BCUT2D eigenvalue weighted by molar-refractivity contribution is 7.89. The zero-order valence-corrected chi connectivity index (χ0v) is 13.7. The topological polar surface area (TPSA) is 66.1 Å². The number of rotatable bonds is 3. The molecule has 1 aromatic heterocycles. The number of aromatic nitrogens is 2. The Hall–Kier alpha value is -1.66. The van der Waals surface area contributed by atoms with Gasteiger partial charge in [-0.15, -0.1) is 0 Å². The number of H-pyrrole nitrogens is 1. The lowest BCUT2D eigenvalue weighted by Gasteiger charge is -2.31. The van der Waals surface area contributed by atoms with Crippen LogP contribution in [0.5, 0.6) is 0 Å². The van der Waals surface area contributed by atoms with Crippen LogP contribution in [0.1, 0.15) is 35.7 Å². The van der Waals surface area contributed by atoms with Gasteiger partial charge in [0.25, 0.3) is 0 Å². The largest absolute Gasteiger partial charge is 0.348 e. The number of nitrogens with one attached hydrogen (secondary N) is 1. The van der Waals surface area contributed by atoms with Gasteiger partial charge < -0.3 is 4.98 Å². The molecule has 1 fully saturated rings. The van der Waals surface area contributed by atoms with Crippen LogP contribution in [-0.2, 0) is 10.0 Å². The Kier molecular flexibility index (Phi) is 4.06. The molecule has 118 valence electrons. The molecule has 0 saturated carbocycles. The molecule has 3 rings (SSSR count). The van der Waals surface area contributed by atoms with Crippen LogP contribution in [0.25, 0.3) is 0 Å². The molecule has 1 saturated heterocycles. The van der Waals surface area contributed by atoms with Crippen molar-refractivity contribution in [3.8, 4) is 0 Å². The van der Waals surface area contributed by atoms with E-state index in [1.54, 1.807) is 28.8 Å². The molecule has 0 aliphatic carbocycles. The van der Waals surface area contributed by atoms with Crippen molar-refractivity contribution in [2.45, 2.75) is 37.5 Å². The van der Waals surface area contributed by atoms with Crippen molar-refractivity contribution in [1.82, 2.24) is 14.3 Å². The van der Waals surface area contributed by atoms with Crippen LogP contribution < -0.4 is 0 Å². The Bertz CT molecular complexity index is 754. The highest BCUT2D eigenvalue weighted by Gasteiger charge is 2.31. The van der Waals surface area contributed by atoms with Gasteiger partial charge in [0, 0.05) is 31.4 Å². The molecular formula is C16H21N3O2S. The fourth-order valence-corrected chi connectivity index (χ4v) is 4.52. The molecule has 1 unspecified atom stereocenters. The number of hydrogen-bond acceptors (Lipinski definition) is 3. The third-order valence-corrected chi connectivity index (χ3v) is 6.27. The van der Waals surface area contributed by atoms with Gasteiger partial charge in [0.2, 0.25) is 10.0 Å². The molecule has 22 heavy (non-hydrogen) atoms. The number of benzene rings is 1. The molecule has 1 N–H and O–H groups in total. The predicted octanol–water partition coefficient (Wildman–Crippen LogP) is 2.59. The van der Waals surface area contributed by atoms with Crippen LogP contribution in [-0.4, -0.2) is 35.8 Å². The van der Waals surface area contributed by atoms with E-state index in [-0.39, 0.29) is 5.92 Å². The van der Waals surface area contributed by atoms with E-state index < -0.39 is 10.0 Å². The van der Waals surface area contributed by atoms with Crippen molar-refractivity contribution in [1.29, 1.82) is 0 Å². The van der Waals surface area contributed by atoms with Crippen LogP contribution >= 0.6 is 0 Å². The lowest BCUT2D eigenvalue weighted by Crippen LogP contribution is -2.39. The number of piperidine rings is 1. The minimum Gasteiger partial charge on any atom is -0.348 e. The minimum atomic E-state index is -3.43. The summed E-state index contributed by atoms with van der Waals surface area (Å²) in [5, 5.41) is 0. The van der Waals surface area contributed by atoms with Crippen molar-refractivity contribution in [2.75, 3.05) is 13.1 Å². The monoisotopic (exact) mass is 319 g/mol. The van der Waals surface area contributed by atoms with Gasteiger partial charge in [-0.2, -0.15) is 4.31 Å². The molecule has 1 aliphatic heterocycles. The summed E-state index contributed by atoms with van der Waals surface area (Å²) in [5.74, 6) is 1.02. The second kappa shape index (κ2) is 5.85. The van der Waals surface area contributed by atoms with Crippen LogP contribution in [0.2, 0.25) is 0 Å². The van der Waals surface area contributed by atoms with Crippen molar-refractivity contribution in [3.05, 3.63) is 47.5 Å². The van der Waals surface area contributed by atoms with Gasteiger partial charge in [-0.1, -0.05) is 6.07 Å². The van der Waals surface area contributed by atoms with E-state index in [0.717, 1.165) is 29.8 Å². The first kappa shape index (κ1) is 15.2. The normalized spacial score (nSPS) is 20.2. The summed E-state index contributed by atoms with van der Waals surface area (Å²) < 4.78 is 27.3. The molecule has 2 aromatic rings. The van der Waals surface area contributed by atoms with E-state index in [9.17, 15) is 8.42 Å². The van der Waals surface area contributed by atoms with Gasteiger partial charge in [-0.3, -0.25) is 0 Å². The Morgan fingerprint density at radius 2 is 2.09 bits per heavy atom. The molecule has 0 spiro atoms. The lowest BCUT2D eigenvalue weighted by molar-refractivity contribution is 0.310. The van der Waals surface area contributed by atoms with E-state index >= 15 is 0 Å². The lowest BCUT2D eigenvalue weighted by atomic mass is 9.99. The predicted molar refractivity (Wildman–Crippen MR) is 85.2 cm³/mol. The number of sulfonamides is 1. The van der Waals surface area contributed by atoms with Gasteiger partial charge in [0.05, 0.1) is 4.90 Å². The average molecular weight is 319 g/mol. The summed E-state index contributed by atoms with van der Waals surface area (Å²) in [4.78, 5) is 7.77. The summed E-state index contributed by atoms with van der Waals surface area (Å²) >= 11 is 0. The Balaban J connectivity index is 1.86. The first-order valence-electron chi connectivity index (χ1n) is 7.55. The fraction of sp³-hybridized carbons (Fsp3) is 0.438. The summed E-state index contributed by atoms with van der Waals surface area (Å²) in [5.41, 5.74) is 2.10. The highest BCUT2D eigenvalue weighted by Crippen LogP contribution is 2.29. The second-order valence-corrected chi connectivity index (χ2v) is 7.86. The van der Waals surface area contributed by atoms with Crippen LogP contribution in [0.15, 0.2) is 35.5 Å². The quantitative estimate of drug-likeness (QED) is 0.945. The molecule has 1 aliphatic rings. The third kappa shape index (κ3) is 2.80. The Morgan fingerprint density at radius 1 is 1.27 bits per heavy atom. The van der Waals surface area contributed by atoms with E-state index in [1.807, 2.05) is 19.9 Å². The SMILES string of the molecule is Cc1ccc(S(=O)(=O)N2CCCC(c3ncc[nH]3)C2)cc1C. The fourth-order valence-electron chi connectivity index (χ4n) is 2.91. The molecule has 2 heterocycles. The molecule has 5 nitrogen and oxygen atoms in total. The third-order valence-electron chi connectivity index (χ3n) is 4.41. The van der Waals surface area contributed by atoms with E-state index in [0.29, 0.717) is 18.0 Å². The smallest absolute Gasteiger partial charge is 0.243 e. The summed E-state index contributed by atoms with van der Waals surface area (Å²) in [6, 6.07) is 5.34. The molecule has 0 radical (unpaired) electrons. The highest BCUT2D eigenvalue weighted by atomic mass is 32.2. The van der Waals surface area contributed by atoms with Crippen molar-refractivity contribution < 1.29 is 8.42 Å². The van der Waals surface area contributed by atoms with Crippen molar-refractivity contribution >= 4 is 10.0 Å². The van der Waals surface area contributed by atoms with E-state index in [1.165, 1.54) is 0 Å². The maximum Gasteiger partial charge on any atom is 0.243 e. The number of imidazole rings is 1. The zero-order chi connectivity index (χ0) is 15.7. The van der Waals surface area contributed by atoms with E-state index in [4.69, 9.17) is 0 Å². The maximum atomic E-state index is 12.9. The molecule has 1 atom stereocenters. The van der Waals surface area contributed by atoms with Gasteiger partial charge in [-0.05, 0) is 49.9 Å². The Morgan fingerprint density at radius 3 is 2.77 bits per heavy atom. The summed E-state index contributed by atoms with van der Waals surface area (Å²) in [7, 11) is -3.43. The van der Waals surface area contributed by atoms with Crippen molar-refractivity contribution in [2.24, 2.45) is 0 Å². The maximum absolute atomic E-state index is 12.9. The Labute approximate surface area is 131 Å². The van der Waals surface area contributed by atoms with Crippen LogP contribution in [0.4, 0.5) is 0 Å². The number of hydrogen-bond donors (Lipinski definition) is 1. The van der Waals surface area contributed by atoms with Crippen LogP contribution in [0, 0.1) is 13.8 Å². The van der Waals surface area contributed by atoms with Gasteiger partial charge in [-0.25, -0.2) is 13.4 Å². The van der Waals surface area contributed by atoms with Gasteiger partial charge in [0.1, 0.15) is 5.82 Å². The minimum absolute atomic E-state index is 0.144. The number of aryl methyl sites for hydroxylation is 2. The first-order chi connectivity index (χ1) is 10.5. The van der Waals surface area contributed by atoms with Gasteiger partial charge >= 0.3 is 0 Å². The molecule has 6 heteroatoms. The molecule has 1 aromatic carbocycles. The number of nitrogens with zero attached hydrogens (tertiary/aromatic N) is 2. The van der Waals surface area contributed by atoms with Gasteiger partial charge in [0.15, 0.2) is 0 Å². The molecule has 0 amide bonds. The zero-order valence-electron chi connectivity index (χ0n) is 12.9. The summed E-state index contributed by atoms with van der Waals surface area (Å²) in [6.45, 7) is 4.99.